The molecule has 0 radical (unpaired) electrons. The van der Waals surface area contributed by atoms with E-state index in [0.29, 0.717) is 0 Å². The van der Waals surface area contributed by atoms with E-state index in [0.717, 1.165) is 13.1 Å². The minimum atomic E-state index is 0.0300. The van der Waals surface area contributed by atoms with Crippen molar-refractivity contribution in [3.8, 4) is 0 Å². The lowest BCUT2D eigenvalue weighted by Crippen LogP contribution is -2.32. The summed E-state index contributed by atoms with van der Waals surface area (Å²) in [6.45, 7) is 8.69. The lowest BCUT2D eigenvalue weighted by atomic mass is 9.95. The van der Waals surface area contributed by atoms with Crippen molar-refractivity contribution in [2.75, 3.05) is 19.7 Å². The molecule has 0 aliphatic rings. The summed E-state index contributed by atoms with van der Waals surface area (Å²) >= 11 is 0. The SMILES string of the molecule is CCCCCCCCNCC(C)(C)CO. The van der Waals surface area contributed by atoms with Crippen molar-refractivity contribution in [1.82, 2.24) is 5.32 Å². The molecule has 0 saturated heterocycles. The number of aliphatic hydroxyl groups excluding tert-OH is 1. The Kier molecular flexibility index (Phi) is 9.12. The summed E-state index contributed by atoms with van der Waals surface area (Å²) in [7, 11) is 0. The molecular weight excluding hydrogens is 186 g/mol. The summed E-state index contributed by atoms with van der Waals surface area (Å²) < 4.78 is 0. The fourth-order valence-electron chi connectivity index (χ4n) is 1.51. The molecule has 0 amide bonds. The van der Waals surface area contributed by atoms with Gasteiger partial charge in [-0.05, 0) is 13.0 Å². The van der Waals surface area contributed by atoms with Gasteiger partial charge >= 0.3 is 0 Å². The number of unbranched alkanes of at least 4 members (excludes halogenated alkanes) is 5. The zero-order chi connectivity index (χ0) is 11.6. The Morgan fingerprint density at radius 1 is 1.00 bits per heavy atom. The van der Waals surface area contributed by atoms with E-state index in [1.807, 2.05) is 0 Å². The van der Waals surface area contributed by atoms with Crippen molar-refractivity contribution >= 4 is 0 Å². The Hall–Kier alpha value is -0.0800. The van der Waals surface area contributed by atoms with Gasteiger partial charge in [0.05, 0.1) is 0 Å². The maximum absolute atomic E-state index is 9.05. The van der Waals surface area contributed by atoms with Gasteiger partial charge in [-0.1, -0.05) is 52.9 Å². The minimum Gasteiger partial charge on any atom is -0.396 e. The topological polar surface area (TPSA) is 32.3 Å². The molecule has 0 saturated carbocycles. The predicted octanol–water partition coefficient (Wildman–Crippen LogP) is 2.96. The molecule has 0 fully saturated rings. The first-order valence-corrected chi connectivity index (χ1v) is 6.44. The van der Waals surface area contributed by atoms with Gasteiger partial charge < -0.3 is 10.4 Å². The quantitative estimate of drug-likeness (QED) is 0.549. The standard InChI is InChI=1S/C13H29NO/c1-4-5-6-7-8-9-10-14-11-13(2,3)12-15/h14-15H,4-12H2,1-3H3. The van der Waals surface area contributed by atoms with Crippen LogP contribution in [0, 0.1) is 5.41 Å². The van der Waals surface area contributed by atoms with E-state index in [-0.39, 0.29) is 12.0 Å². The van der Waals surface area contributed by atoms with Crippen LogP contribution in [0.3, 0.4) is 0 Å². The first kappa shape index (κ1) is 14.9. The van der Waals surface area contributed by atoms with E-state index in [1.54, 1.807) is 0 Å². The second kappa shape index (κ2) is 9.17. The molecule has 0 aliphatic heterocycles. The van der Waals surface area contributed by atoms with Crippen LogP contribution in [0.5, 0.6) is 0 Å². The Labute approximate surface area is 95.5 Å². The van der Waals surface area contributed by atoms with Crippen LogP contribution < -0.4 is 5.32 Å². The van der Waals surface area contributed by atoms with Gasteiger partial charge in [0.2, 0.25) is 0 Å². The van der Waals surface area contributed by atoms with Crippen LogP contribution in [0.15, 0.2) is 0 Å². The van der Waals surface area contributed by atoms with Crippen LogP contribution >= 0.6 is 0 Å². The van der Waals surface area contributed by atoms with Crippen molar-refractivity contribution in [3.05, 3.63) is 0 Å². The van der Waals surface area contributed by atoms with Crippen molar-refractivity contribution in [1.29, 1.82) is 0 Å². The Balaban J connectivity index is 3.11. The second-order valence-electron chi connectivity index (χ2n) is 5.27. The third kappa shape index (κ3) is 10.2. The third-order valence-electron chi connectivity index (χ3n) is 2.74. The molecule has 0 unspecified atom stereocenters. The highest BCUT2D eigenvalue weighted by Gasteiger charge is 2.14. The van der Waals surface area contributed by atoms with Gasteiger partial charge in [0.15, 0.2) is 0 Å². The molecule has 0 aromatic heterocycles. The first-order chi connectivity index (χ1) is 7.12. The average Bonchev–Trinajstić information content (AvgIpc) is 2.22. The van der Waals surface area contributed by atoms with E-state index in [9.17, 15) is 0 Å². The number of rotatable bonds is 10. The molecule has 0 aromatic rings. The van der Waals surface area contributed by atoms with E-state index < -0.39 is 0 Å². The average molecular weight is 215 g/mol. The summed E-state index contributed by atoms with van der Waals surface area (Å²) in [5, 5.41) is 12.5. The van der Waals surface area contributed by atoms with E-state index >= 15 is 0 Å². The lowest BCUT2D eigenvalue weighted by Gasteiger charge is -2.21. The van der Waals surface area contributed by atoms with Crippen LogP contribution in [0.25, 0.3) is 0 Å². The van der Waals surface area contributed by atoms with Crippen molar-refractivity contribution in [2.24, 2.45) is 5.41 Å². The highest BCUT2D eigenvalue weighted by molar-refractivity contribution is 4.69. The smallest absolute Gasteiger partial charge is 0.0494 e. The molecule has 0 bridgehead atoms. The van der Waals surface area contributed by atoms with E-state index in [4.69, 9.17) is 5.11 Å². The molecule has 0 atom stereocenters. The minimum absolute atomic E-state index is 0.0300. The zero-order valence-electron chi connectivity index (χ0n) is 10.8. The van der Waals surface area contributed by atoms with Gasteiger partial charge in [-0.2, -0.15) is 0 Å². The molecule has 2 N–H and O–H groups in total. The molecule has 0 aromatic carbocycles. The van der Waals surface area contributed by atoms with E-state index in [1.165, 1.54) is 38.5 Å². The van der Waals surface area contributed by atoms with Gasteiger partial charge in [0.25, 0.3) is 0 Å². The molecule has 0 heterocycles. The Morgan fingerprint density at radius 3 is 2.20 bits per heavy atom. The molecule has 0 spiro atoms. The van der Waals surface area contributed by atoms with Crippen LogP contribution in [0.2, 0.25) is 0 Å². The van der Waals surface area contributed by atoms with Crippen LogP contribution in [0.1, 0.15) is 59.3 Å². The highest BCUT2D eigenvalue weighted by Crippen LogP contribution is 2.11. The fraction of sp³-hybridized carbons (Fsp3) is 1.00. The summed E-state index contributed by atoms with van der Waals surface area (Å²) in [6, 6.07) is 0. The van der Waals surface area contributed by atoms with Crippen molar-refractivity contribution in [3.63, 3.8) is 0 Å². The molecular formula is C13H29NO. The molecule has 92 valence electrons. The molecule has 2 nitrogen and oxygen atoms in total. The predicted molar refractivity (Wildman–Crippen MR) is 67.1 cm³/mol. The summed E-state index contributed by atoms with van der Waals surface area (Å²) in [5.74, 6) is 0. The number of hydrogen-bond donors (Lipinski definition) is 2. The van der Waals surface area contributed by atoms with Crippen LogP contribution in [-0.4, -0.2) is 24.8 Å². The zero-order valence-corrected chi connectivity index (χ0v) is 10.8. The van der Waals surface area contributed by atoms with E-state index in [2.05, 4.69) is 26.1 Å². The molecule has 0 rings (SSSR count). The number of aliphatic hydroxyl groups is 1. The lowest BCUT2D eigenvalue weighted by molar-refractivity contribution is 0.157. The maximum Gasteiger partial charge on any atom is 0.0494 e. The first-order valence-electron chi connectivity index (χ1n) is 6.44. The highest BCUT2D eigenvalue weighted by atomic mass is 16.3. The van der Waals surface area contributed by atoms with Gasteiger partial charge in [0.1, 0.15) is 0 Å². The second-order valence-corrected chi connectivity index (χ2v) is 5.27. The van der Waals surface area contributed by atoms with Gasteiger partial charge in [0, 0.05) is 18.6 Å². The number of hydrogen-bond acceptors (Lipinski definition) is 2. The molecule has 0 aliphatic carbocycles. The van der Waals surface area contributed by atoms with Crippen LogP contribution in [0.4, 0.5) is 0 Å². The fourth-order valence-corrected chi connectivity index (χ4v) is 1.51. The van der Waals surface area contributed by atoms with Crippen molar-refractivity contribution in [2.45, 2.75) is 59.3 Å². The molecule has 2 heteroatoms. The summed E-state index contributed by atoms with van der Waals surface area (Å²) in [6.07, 6.45) is 8.07. The van der Waals surface area contributed by atoms with Gasteiger partial charge in [-0.25, -0.2) is 0 Å². The third-order valence-corrected chi connectivity index (χ3v) is 2.74. The maximum atomic E-state index is 9.05. The Bertz CT molecular complexity index is 134. The summed E-state index contributed by atoms with van der Waals surface area (Å²) in [4.78, 5) is 0. The van der Waals surface area contributed by atoms with Crippen molar-refractivity contribution < 1.29 is 5.11 Å². The van der Waals surface area contributed by atoms with Gasteiger partial charge in [-0.15, -0.1) is 0 Å². The normalized spacial score (nSPS) is 12.0. The summed E-state index contributed by atoms with van der Waals surface area (Å²) in [5.41, 5.74) is 0.0300. The molecule has 15 heavy (non-hydrogen) atoms. The number of nitrogens with one attached hydrogen (secondary N) is 1. The van der Waals surface area contributed by atoms with Gasteiger partial charge in [-0.3, -0.25) is 0 Å². The Morgan fingerprint density at radius 2 is 1.60 bits per heavy atom. The largest absolute Gasteiger partial charge is 0.396 e. The van der Waals surface area contributed by atoms with Crippen LogP contribution in [-0.2, 0) is 0 Å². The monoisotopic (exact) mass is 215 g/mol.